The van der Waals surface area contributed by atoms with Gasteiger partial charge in [0.15, 0.2) is 0 Å². The maximum absolute atomic E-state index is 12.9. The normalized spacial score (nSPS) is 29.0. The highest BCUT2D eigenvalue weighted by Crippen LogP contribution is 2.31. The van der Waals surface area contributed by atoms with E-state index in [1.54, 1.807) is 12.1 Å². The number of hydrogen-bond acceptors (Lipinski definition) is 3. The van der Waals surface area contributed by atoms with Gasteiger partial charge in [-0.3, -0.25) is 0 Å². The van der Waals surface area contributed by atoms with Gasteiger partial charge in [0.25, 0.3) is 0 Å². The lowest BCUT2D eigenvalue weighted by Gasteiger charge is -2.35. The van der Waals surface area contributed by atoms with E-state index in [4.69, 9.17) is 0 Å². The van der Waals surface area contributed by atoms with Gasteiger partial charge >= 0.3 is 0 Å². The summed E-state index contributed by atoms with van der Waals surface area (Å²) in [6, 6.07) is 4.62. The Morgan fingerprint density at radius 1 is 1.47 bits per heavy atom. The van der Waals surface area contributed by atoms with Crippen molar-refractivity contribution in [2.24, 2.45) is 5.92 Å². The molecule has 0 spiro atoms. The molecule has 1 fully saturated rings. The highest BCUT2D eigenvalue weighted by molar-refractivity contribution is 5.34. The van der Waals surface area contributed by atoms with Crippen LogP contribution in [0.1, 0.15) is 32.6 Å². The van der Waals surface area contributed by atoms with E-state index in [2.05, 4.69) is 17.2 Å². The summed E-state index contributed by atoms with van der Waals surface area (Å²) in [4.78, 5) is 3.71. The maximum atomic E-state index is 12.9. The molecular formula is C13H19FN2O. The second kappa shape index (κ2) is 5.00. The Balaban J connectivity index is 1.89. The first-order valence-electron chi connectivity index (χ1n) is 6.16. The number of rotatable bonds is 3. The quantitative estimate of drug-likeness (QED) is 0.795. The Labute approximate surface area is 101 Å². The number of aliphatic hydroxyl groups is 1. The van der Waals surface area contributed by atoms with E-state index in [1.165, 1.54) is 6.07 Å². The fourth-order valence-corrected chi connectivity index (χ4v) is 2.24. The molecule has 0 atom stereocenters. The second-order valence-corrected chi connectivity index (χ2v) is 5.11. The first-order chi connectivity index (χ1) is 8.07. The maximum Gasteiger partial charge on any atom is 0.214 e. The lowest BCUT2D eigenvalue weighted by atomic mass is 9.79. The monoisotopic (exact) mass is 238 g/mol. The number of nitrogens with zero attached hydrogens (tertiary/aromatic N) is 1. The molecular weight excluding hydrogens is 219 g/mol. The van der Waals surface area contributed by atoms with Crippen LogP contribution in [0, 0.1) is 11.9 Å². The molecule has 1 aliphatic carbocycles. The first-order valence-corrected chi connectivity index (χ1v) is 6.16. The molecule has 1 aliphatic rings. The van der Waals surface area contributed by atoms with E-state index in [-0.39, 0.29) is 0 Å². The van der Waals surface area contributed by atoms with Crippen LogP contribution in [-0.4, -0.2) is 22.2 Å². The van der Waals surface area contributed by atoms with E-state index < -0.39 is 11.5 Å². The van der Waals surface area contributed by atoms with Crippen molar-refractivity contribution in [3.05, 3.63) is 24.1 Å². The van der Waals surface area contributed by atoms with Crippen LogP contribution >= 0.6 is 0 Å². The van der Waals surface area contributed by atoms with E-state index >= 15 is 0 Å². The van der Waals surface area contributed by atoms with Crippen molar-refractivity contribution in [3.63, 3.8) is 0 Å². The van der Waals surface area contributed by atoms with Crippen LogP contribution in [-0.2, 0) is 0 Å². The zero-order valence-corrected chi connectivity index (χ0v) is 10.1. The zero-order valence-electron chi connectivity index (χ0n) is 10.1. The average Bonchev–Trinajstić information content (AvgIpc) is 2.31. The number of halogens is 1. The van der Waals surface area contributed by atoms with E-state index in [0.29, 0.717) is 18.3 Å². The summed E-state index contributed by atoms with van der Waals surface area (Å²) in [6.45, 7) is 2.65. The van der Waals surface area contributed by atoms with Gasteiger partial charge in [-0.1, -0.05) is 13.0 Å². The molecule has 1 aromatic rings. The van der Waals surface area contributed by atoms with Crippen molar-refractivity contribution in [3.8, 4) is 0 Å². The summed E-state index contributed by atoms with van der Waals surface area (Å²) in [5, 5.41) is 13.3. The molecule has 1 heterocycles. The van der Waals surface area contributed by atoms with Crippen LogP contribution in [0.25, 0.3) is 0 Å². The molecule has 2 rings (SSSR count). The number of aromatic nitrogens is 1. The lowest BCUT2D eigenvalue weighted by Crippen LogP contribution is -2.40. The molecule has 0 radical (unpaired) electrons. The minimum Gasteiger partial charge on any atom is -0.388 e. The molecule has 0 aliphatic heterocycles. The first kappa shape index (κ1) is 12.3. The third-order valence-electron chi connectivity index (χ3n) is 3.52. The molecule has 0 unspecified atom stereocenters. The second-order valence-electron chi connectivity index (χ2n) is 5.11. The molecule has 17 heavy (non-hydrogen) atoms. The van der Waals surface area contributed by atoms with Gasteiger partial charge in [0.1, 0.15) is 5.82 Å². The van der Waals surface area contributed by atoms with Crippen molar-refractivity contribution in [2.45, 2.75) is 38.2 Å². The average molecular weight is 238 g/mol. The molecule has 1 aromatic heterocycles. The molecule has 3 nitrogen and oxygen atoms in total. The smallest absolute Gasteiger partial charge is 0.214 e. The topological polar surface area (TPSA) is 45.1 Å². The Morgan fingerprint density at radius 3 is 2.82 bits per heavy atom. The number of nitrogens with one attached hydrogen (secondary N) is 1. The van der Waals surface area contributed by atoms with Crippen LogP contribution in [0.5, 0.6) is 0 Å². The molecule has 0 aromatic carbocycles. The molecule has 2 N–H and O–H groups in total. The Kier molecular flexibility index (Phi) is 3.62. The van der Waals surface area contributed by atoms with Crippen LogP contribution < -0.4 is 5.32 Å². The zero-order chi connectivity index (χ0) is 12.3. The highest BCUT2D eigenvalue weighted by atomic mass is 19.1. The summed E-state index contributed by atoms with van der Waals surface area (Å²) in [6.07, 6.45) is 3.70. The summed E-state index contributed by atoms with van der Waals surface area (Å²) in [7, 11) is 0. The van der Waals surface area contributed by atoms with Gasteiger partial charge in [-0.25, -0.2) is 4.98 Å². The van der Waals surface area contributed by atoms with Gasteiger partial charge in [0, 0.05) is 6.54 Å². The SMILES string of the molecule is CC1CCC(O)(CNc2cccc(F)n2)CC1. The predicted octanol–water partition coefficient (Wildman–Crippen LogP) is 2.57. The van der Waals surface area contributed by atoms with E-state index in [0.717, 1.165) is 25.7 Å². The standard InChI is InChI=1S/C13H19FN2O/c1-10-5-7-13(17,8-6-10)9-15-12-4-2-3-11(14)16-12/h2-4,10,17H,5-9H2,1H3,(H,15,16). The fourth-order valence-electron chi connectivity index (χ4n) is 2.24. The Morgan fingerprint density at radius 2 is 2.18 bits per heavy atom. The molecule has 94 valence electrons. The van der Waals surface area contributed by atoms with E-state index in [1.807, 2.05) is 0 Å². The molecule has 0 saturated heterocycles. The van der Waals surface area contributed by atoms with Crippen molar-refractivity contribution in [1.82, 2.24) is 4.98 Å². The van der Waals surface area contributed by atoms with Gasteiger partial charge in [-0.15, -0.1) is 0 Å². The third kappa shape index (κ3) is 3.40. The van der Waals surface area contributed by atoms with Gasteiger partial charge in [0.2, 0.25) is 5.95 Å². The Bertz CT molecular complexity index is 375. The Hall–Kier alpha value is -1.16. The van der Waals surface area contributed by atoms with Crippen molar-refractivity contribution in [1.29, 1.82) is 0 Å². The van der Waals surface area contributed by atoms with Gasteiger partial charge in [-0.05, 0) is 43.7 Å². The third-order valence-corrected chi connectivity index (χ3v) is 3.52. The van der Waals surface area contributed by atoms with Gasteiger partial charge in [-0.2, -0.15) is 4.39 Å². The number of anilines is 1. The predicted molar refractivity (Wildman–Crippen MR) is 65.3 cm³/mol. The van der Waals surface area contributed by atoms with E-state index in [9.17, 15) is 9.50 Å². The largest absolute Gasteiger partial charge is 0.388 e. The lowest BCUT2D eigenvalue weighted by molar-refractivity contribution is 0.00493. The number of pyridine rings is 1. The van der Waals surface area contributed by atoms with Crippen LogP contribution in [0.4, 0.5) is 10.2 Å². The molecule has 1 saturated carbocycles. The molecule has 0 amide bonds. The highest BCUT2D eigenvalue weighted by Gasteiger charge is 2.31. The van der Waals surface area contributed by atoms with Crippen LogP contribution in [0.3, 0.4) is 0 Å². The van der Waals surface area contributed by atoms with Gasteiger partial charge in [0.05, 0.1) is 5.60 Å². The minimum atomic E-state index is -0.666. The van der Waals surface area contributed by atoms with Crippen LogP contribution in [0.15, 0.2) is 18.2 Å². The van der Waals surface area contributed by atoms with Crippen LogP contribution in [0.2, 0.25) is 0 Å². The minimum absolute atomic E-state index is 0.441. The summed E-state index contributed by atoms with van der Waals surface area (Å²) in [5.74, 6) is 0.680. The molecule has 4 heteroatoms. The summed E-state index contributed by atoms with van der Waals surface area (Å²) in [5.41, 5.74) is -0.666. The van der Waals surface area contributed by atoms with Crippen molar-refractivity contribution in [2.75, 3.05) is 11.9 Å². The summed E-state index contributed by atoms with van der Waals surface area (Å²) >= 11 is 0. The number of hydrogen-bond donors (Lipinski definition) is 2. The fraction of sp³-hybridized carbons (Fsp3) is 0.615. The van der Waals surface area contributed by atoms with Gasteiger partial charge < -0.3 is 10.4 Å². The summed E-state index contributed by atoms with van der Waals surface area (Å²) < 4.78 is 12.9. The van der Waals surface area contributed by atoms with Crippen molar-refractivity contribution < 1.29 is 9.50 Å². The molecule has 0 bridgehead atoms. The van der Waals surface area contributed by atoms with Crippen molar-refractivity contribution >= 4 is 5.82 Å².